The zero-order valence-corrected chi connectivity index (χ0v) is 33.4. The third kappa shape index (κ3) is 10.2. The van der Waals surface area contributed by atoms with Gasteiger partial charge in [0.2, 0.25) is 15.9 Å². The molecule has 1 amide bonds. The number of rotatable bonds is 14. The average Bonchev–Trinajstić information content (AvgIpc) is 3.55. The third-order valence-electron chi connectivity index (χ3n) is 9.86. The summed E-state index contributed by atoms with van der Waals surface area (Å²) in [6, 6.07) is 38.2. The predicted molar refractivity (Wildman–Crippen MR) is 220 cm³/mol. The van der Waals surface area contributed by atoms with Gasteiger partial charge in [-0.05, 0) is 71.0 Å². The van der Waals surface area contributed by atoms with E-state index in [1.54, 1.807) is 23.0 Å². The van der Waals surface area contributed by atoms with E-state index in [4.69, 9.17) is 32.7 Å². The number of nitrogens with one attached hydrogen (secondary N) is 2. The van der Waals surface area contributed by atoms with Crippen molar-refractivity contribution >= 4 is 39.1 Å². The maximum atomic E-state index is 13.7. The van der Waals surface area contributed by atoms with Gasteiger partial charge in [-0.2, -0.15) is 4.72 Å². The molecular formula is C44H42Cl2N4O6S. The zero-order chi connectivity index (χ0) is 39.9. The van der Waals surface area contributed by atoms with Crippen molar-refractivity contribution in [2.24, 2.45) is 0 Å². The Labute approximate surface area is 342 Å². The fraction of sp³-hybridized carbons (Fsp3) is 0.227. The number of carbonyl (C=O) groups excluding carboxylic acids is 1. The van der Waals surface area contributed by atoms with Crippen molar-refractivity contribution in [2.45, 2.75) is 68.9 Å². The van der Waals surface area contributed by atoms with E-state index in [0.29, 0.717) is 18.1 Å². The summed E-state index contributed by atoms with van der Waals surface area (Å²) in [5, 5.41) is 13.1. The van der Waals surface area contributed by atoms with Crippen LogP contribution in [0.4, 0.5) is 0 Å². The number of amides is 1. The fourth-order valence-corrected chi connectivity index (χ4v) is 8.28. The van der Waals surface area contributed by atoms with Crippen molar-refractivity contribution in [3.63, 3.8) is 0 Å². The first kappa shape index (κ1) is 40.4. The van der Waals surface area contributed by atoms with Gasteiger partial charge in [-0.15, -0.1) is 0 Å². The number of halogens is 2. The van der Waals surface area contributed by atoms with Crippen molar-refractivity contribution in [3.05, 3.63) is 177 Å². The number of ether oxygens (including phenoxy) is 2. The molecule has 294 valence electrons. The largest absolute Gasteiger partial charge is 0.392 e. The molecule has 0 radical (unpaired) electrons. The lowest BCUT2D eigenvalue weighted by Gasteiger charge is -2.36. The molecule has 6 aromatic rings. The first-order chi connectivity index (χ1) is 27.5. The van der Waals surface area contributed by atoms with Crippen LogP contribution in [0, 0.1) is 6.92 Å². The van der Waals surface area contributed by atoms with Gasteiger partial charge in [0.15, 0.2) is 11.4 Å². The second kappa shape index (κ2) is 18.2. The molecule has 0 bridgehead atoms. The topological polar surface area (TPSA) is 132 Å². The first-order valence-corrected chi connectivity index (χ1v) is 20.7. The van der Waals surface area contributed by atoms with Gasteiger partial charge in [-0.25, -0.2) is 13.4 Å². The van der Waals surface area contributed by atoms with Crippen molar-refractivity contribution in [3.8, 4) is 11.1 Å². The molecule has 1 saturated heterocycles. The maximum absolute atomic E-state index is 13.7. The lowest BCUT2D eigenvalue weighted by atomic mass is 9.98. The van der Waals surface area contributed by atoms with Crippen LogP contribution < -0.4 is 10.0 Å². The standard InChI is InChI=1S/C44H42Cl2N4O6S/c1-29-13-19-38(20-14-29)57(53,54)49-39(22-30-7-3-2-4-8-30)43(52)47-25-32-9-5-10-34(21-32)35-11-6-12-36(23-35)44-55-37(26-50-28-48-41(45)42(50)46)24-40(56-44)33-17-15-31(27-51)16-18-33/h2-21,23,28,37,39-40,44,49,51H,22,24-27H2,1H3,(H,47,52)/t37-,39+,40+,44+/m0/s1. The Morgan fingerprint density at radius 1 is 0.842 bits per heavy atom. The number of nitrogens with zero attached hydrogens (tertiary/aromatic N) is 2. The Morgan fingerprint density at radius 3 is 2.25 bits per heavy atom. The van der Waals surface area contributed by atoms with Crippen LogP contribution in [0.2, 0.25) is 10.3 Å². The molecule has 0 aliphatic carbocycles. The normalized spacial score (nSPS) is 17.6. The summed E-state index contributed by atoms with van der Waals surface area (Å²) in [7, 11) is -3.98. The molecular weight excluding hydrogens is 783 g/mol. The van der Waals surface area contributed by atoms with Crippen LogP contribution >= 0.6 is 23.2 Å². The lowest BCUT2D eigenvalue weighted by molar-refractivity contribution is -0.252. The molecule has 1 aromatic heterocycles. The first-order valence-electron chi connectivity index (χ1n) is 18.5. The minimum Gasteiger partial charge on any atom is -0.392 e. The monoisotopic (exact) mass is 824 g/mol. The zero-order valence-electron chi connectivity index (χ0n) is 31.1. The molecule has 2 heterocycles. The Bertz CT molecular complexity index is 2410. The summed E-state index contributed by atoms with van der Waals surface area (Å²) in [5.41, 5.74) is 6.99. The second-order valence-corrected chi connectivity index (χ2v) is 16.5. The SMILES string of the molecule is Cc1ccc(S(=O)(=O)N[C@H](Cc2ccccc2)C(=O)NCc2cccc(-c3cccc([C@@H]4O[C@H](Cn5cnc(Cl)c5Cl)C[C@H](c5ccc(CO)cc5)O4)c3)c2)cc1. The van der Waals surface area contributed by atoms with Gasteiger partial charge in [0, 0.05) is 18.5 Å². The van der Waals surface area contributed by atoms with Crippen LogP contribution in [0.3, 0.4) is 0 Å². The van der Waals surface area contributed by atoms with Crippen LogP contribution in [0.15, 0.2) is 139 Å². The van der Waals surface area contributed by atoms with Crippen LogP contribution in [-0.4, -0.2) is 41.1 Å². The van der Waals surface area contributed by atoms with Crippen molar-refractivity contribution in [2.75, 3.05) is 0 Å². The predicted octanol–water partition coefficient (Wildman–Crippen LogP) is 8.11. The van der Waals surface area contributed by atoms with E-state index in [-0.39, 0.29) is 41.8 Å². The van der Waals surface area contributed by atoms with E-state index in [0.717, 1.165) is 44.5 Å². The Balaban J connectivity index is 1.08. The fourth-order valence-electron chi connectivity index (χ4n) is 6.77. The number of hydrogen-bond donors (Lipinski definition) is 3. The Morgan fingerprint density at radius 2 is 1.54 bits per heavy atom. The molecule has 4 atom stereocenters. The van der Waals surface area contributed by atoms with Crippen molar-refractivity contribution in [1.29, 1.82) is 0 Å². The van der Waals surface area contributed by atoms with E-state index in [1.807, 2.05) is 110 Å². The number of aromatic nitrogens is 2. The molecule has 3 N–H and O–H groups in total. The molecule has 1 aliphatic heterocycles. The van der Waals surface area contributed by atoms with Gasteiger partial charge in [-0.1, -0.05) is 132 Å². The number of imidazole rings is 1. The van der Waals surface area contributed by atoms with Gasteiger partial charge in [0.25, 0.3) is 0 Å². The van der Waals surface area contributed by atoms with E-state index < -0.39 is 28.3 Å². The number of aliphatic hydroxyl groups is 1. The second-order valence-electron chi connectivity index (χ2n) is 14.0. The molecule has 1 fully saturated rings. The number of hydrogen-bond acceptors (Lipinski definition) is 7. The van der Waals surface area contributed by atoms with E-state index in [1.165, 1.54) is 12.1 Å². The smallest absolute Gasteiger partial charge is 0.241 e. The highest BCUT2D eigenvalue weighted by atomic mass is 35.5. The van der Waals surface area contributed by atoms with E-state index >= 15 is 0 Å². The number of aryl methyl sites for hydroxylation is 1. The minimum absolute atomic E-state index is 0.0503. The summed E-state index contributed by atoms with van der Waals surface area (Å²) in [4.78, 5) is 17.9. The number of aliphatic hydroxyl groups excluding tert-OH is 1. The highest BCUT2D eigenvalue weighted by Crippen LogP contribution is 2.40. The number of sulfonamides is 1. The quantitative estimate of drug-likeness (QED) is 0.101. The van der Waals surface area contributed by atoms with Crippen LogP contribution in [0.25, 0.3) is 11.1 Å². The van der Waals surface area contributed by atoms with Crippen molar-refractivity contribution in [1.82, 2.24) is 19.6 Å². The molecule has 5 aromatic carbocycles. The maximum Gasteiger partial charge on any atom is 0.241 e. The number of carbonyl (C=O) groups is 1. The molecule has 7 rings (SSSR count). The number of benzene rings is 5. The summed E-state index contributed by atoms with van der Waals surface area (Å²) in [6.45, 7) is 2.42. The van der Waals surface area contributed by atoms with Crippen LogP contribution in [0.1, 0.15) is 52.2 Å². The summed E-state index contributed by atoms with van der Waals surface area (Å²) >= 11 is 12.6. The molecule has 1 aliphatic rings. The van der Waals surface area contributed by atoms with Gasteiger partial charge in [-0.3, -0.25) is 4.79 Å². The van der Waals surface area contributed by atoms with Crippen LogP contribution in [0.5, 0.6) is 0 Å². The Hall–Kier alpha value is -4.85. The van der Waals surface area contributed by atoms with E-state index in [2.05, 4.69) is 15.0 Å². The van der Waals surface area contributed by atoms with Gasteiger partial charge in [0.1, 0.15) is 11.2 Å². The lowest BCUT2D eigenvalue weighted by Crippen LogP contribution is -2.47. The molecule has 0 unspecified atom stereocenters. The molecule has 57 heavy (non-hydrogen) atoms. The third-order valence-corrected chi connectivity index (χ3v) is 12.1. The van der Waals surface area contributed by atoms with Crippen LogP contribution in [-0.2, 0) is 50.4 Å². The molecule has 10 nitrogen and oxygen atoms in total. The highest BCUT2D eigenvalue weighted by molar-refractivity contribution is 7.89. The van der Waals surface area contributed by atoms with Gasteiger partial charge >= 0.3 is 0 Å². The Kier molecular flexibility index (Phi) is 12.9. The summed E-state index contributed by atoms with van der Waals surface area (Å²) in [5.74, 6) is -0.442. The van der Waals surface area contributed by atoms with E-state index in [9.17, 15) is 18.3 Å². The van der Waals surface area contributed by atoms with Crippen molar-refractivity contribution < 1.29 is 27.8 Å². The molecule has 13 heteroatoms. The van der Waals surface area contributed by atoms with Gasteiger partial charge in [0.05, 0.1) is 36.6 Å². The molecule has 0 saturated carbocycles. The highest BCUT2D eigenvalue weighted by Gasteiger charge is 2.33. The summed E-state index contributed by atoms with van der Waals surface area (Å²) in [6.07, 6.45) is 1.01. The average molecular weight is 826 g/mol. The van der Waals surface area contributed by atoms with Gasteiger partial charge < -0.3 is 24.5 Å². The summed E-state index contributed by atoms with van der Waals surface area (Å²) < 4.78 is 44.2. The molecule has 0 spiro atoms. The minimum atomic E-state index is -3.98.